The van der Waals surface area contributed by atoms with Crippen molar-refractivity contribution in [1.82, 2.24) is 0 Å². The van der Waals surface area contributed by atoms with Gasteiger partial charge in [-0.1, -0.05) is 40.9 Å². The zero-order chi connectivity index (χ0) is 55.1. The van der Waals surface area contributed by atoms with Gasteiger partial charge in [-0.2, -0.15) is 0 Å². The minimum Gasteiger partial charge on any atom is -0.459 e. The minimum absolute atomic E-state index is 0.0111. The number of fused-ring (bicyclic) bond motifs is 11. The highest BCUT2D eigenvalue weighted by molar-refractivity contribution is 5.70. The van der Waals surface area contributed by atoms with Crippen LogP contribution < -0.4 is 0 Å². The number of rotatable bonds is 3. The van der Waals surface area contributed by atoms with Crippen molar-refractivity contribution in [2.24, 2.45) is 23.7 Å². The number of aliphatic hydroxyl groups excluding tert-OH is 1. The predicted octanol–water partition coefficient (Wildman–Crippen LogP) is 6.34. The van der Waals surface area contributed by atoms with E-state index in [1.165, 1.54) is 0 Å². The molecule has 17 aliphatic rings. The Kier molecular flexibility index (Phi) is 13.6. The van der Waals surface area contributed by atoms with Gasteiger partial charge in [0.1, 0.15) is 36.6 Å². The average molecular weight is 1140 g/mol. The van der Waals surface area contributed by atoms with E-state index < -0.39 is 47.6 Å². The molecule has 0 aromatic heterocycles. The Morgan fingerprint density at radius 2 is 1.12 bits per heavy atom. The smallest absolute Gasteiger partial charge is 0.308 e. The van der Waals surface area contributed by atoms with Crippen molar-refractivity contribution in [2.75, 3.05) is 13.7 Å². The van der Waals surface area contributed by atoms with Gasteiger partial charge in [-0.15, -0.1) is 0 Å². The fourth-order valence-corrected chi connectivity index (χ4v) is 19.1. The maximum Gasteiger partial charge on any atom is 0.308 e. The SMILES string of the molecule is C=C1C[C@@H]2CC[C@@]34C[C@H]5O[C@@H]6[C@@H](O[C@H]7CC[C@H](CC(=O)OC8[C@@H](C)C9OC%10C[C@]%11(C[C@@H]%12O[C@]%13(C[C@H](C)[C@@H]%14O[C@@H]%15C[C@](CCO)(OC)O[C@@H]%15C[C@@H]%14O%13)C[C@H](C)[C@@H]%12O%11)OC%10CC9O[C@H]8C[C@H]8O[C@@H](CC[C@@H]1O2)C[C@@H](C)C8=C)OC7[C@@H]6O3)[C@H]5O4. The number of esters is 1. The van der Waals surface area contributed by atoms with E-state index in [2.05, 4.69) is 40.9 Å². The summed E-state index contributed by atoms with van der Waals surface area (Å²) in [6.45, 7) is 18.0. The molecule has 19 nitrogen and oxygen atoms in total. The molecule has 17 aliphatic heterocycles. The van der Waals surface area contributed by atoms with Crippen molar-refractivity contribution >= 4 is 5.97 Å². The van der Waals surface area contributed by atoms with Crippen LogP contribution in [0.25, 0.3) is 0 Å². The Bertz CT molecular complexity index is 2450. The highest BCUT2D eigenvalue weighted by Crippen LogP contribution is 2.58. The van der Waals surface area contributed by atoms with Crippen molar-refractivity contribution in [2.45, 2.75) is 319 Å². The van der Waals surface area contributed by atoms with Crippen LogP contribution in [0, 0.1) is 23.7 Å². The number of hydrogen-bond donors (Lipinski definition) is 1. The van der Waals surface area contributed by atoms with Crippen molar-refractivity contribution in [1.29, 1.82) is 0 Å². The molecular formula is C62H88O19. The lowest BCUT2D eigenvalue weighted by Gasteiger charge is -2.54. The molecule has 0 amide bonds. The molecule has 17 saturated heterocycles. The van der Waals surface area contributed by atoms with Gasteiger partial charge in [0.2, 0.25) is 0 Å². The van der Waals surface area contributed by atoms with E-state index >= 15 is 0 Å². The third kappa shape index (κ3) is 9.22. The van der Waals surface area contributed by atoms with E-state index in [9.17, 15) is 9.90 Å². The molecule has 32 atom stereocenters. The molecule has 450 valence electrons. The van der Waals surface area contributed by atoms with Crippen LogP contribution in [-0.4, -0.2) is 194 Å². The zero-order valence-electron chi connectivity index (χ0n) is 48.0. The number of carbonyl (C=O) groups excluding carboxylic acids is 1. The summed E-state index contributed by atoms with van der Waals surface area (Å²) in [5.41, 5.74) is 2.17. The first-order valence-corrected chi connectivity index (χ1v) is 31.7. The monoisotopic (exact) mass is 1140 g/mol. The van der Waals surface area contributed by atoms with Gasteiger partial charge in [-0.05, 0) is 73.8 Å². The van der Waals surface area contributed by atoms with Gasteiger partial charge < -0.3 is 85.6 Å². The lowest BCUT2D eigenvalue weighted by atomic mass is 9.78. The molecule has 1 N–H and O–H groups in total. The van der Waals surface area contributed by atoms with Crippen molar-refractivity contribution in [3.63, 3.8) is 0 Å². The molecule has 3 spiro atoms. The molecule has 17 rings (SSSR count). The number of aliphatic hydroxyl groups is 1. The summed E-state index contributed by atoms with van der Waals surface area (Å²) in [6.07, 6.45) is 6.14. The molecule has 0 aromatic rings. The Morgan fingerprint density at radius 1 is 0.481 bits per heavy atom. The summed E-state index contributed by atoms with van der Waals surface area (Å²) < 4.78 is 117. The molecule has 6 unspecified atom stereocenters. The summed E-state index contributed by atoms with van der Waals surface area (Å²) >= 11 is 0. The van der Waals surface area contributed by atoms with E-state index in [4.69, 9.17) is 80.5 Å². The maximum atomic E-state index is 14.6. The first-order chi connectivity index (χ1) is 39.0. The molecule has 0 saturated carbocycles. The lowest BCUT2D eigenvalue weighted by Crippen LogP contribution is -2.62. The number of ether oxygens (including phenoxy) is 17. The van der Waals surface area contributed by atoms with Crippen molar-refractivity contribution in [3.05, 3.63) is 24.3 Å². The van der Waals surface area contributed by atoms with Gasteiger partial charge >= 0.3 is 5.97 Å². The largest absolute Gasteiger partial charge is 0.459 e. The predicted molar refractivity (Wildman–Crippen MR) is 281 cm³/mol. The van der Waals surface area contributed by atoms with Gasteiger partial charge in [0.15, 0.2) is 23.1 Å². The second-order valence-electron chi connectivity index (χ2n) is 28.4. The van der Waals surface area contributed by atoms with Crippen molar-refractivity contribution in [3.8, 4) is 0 Å². The standard InChI is InChI=1S/C62H88O19/c1-28-16-34-8-10-37-29(2)17-36(66-37)12-13-60-26-47-55(80-60)56-57(73-47)58(81-60)54-38(70-56)11-9-35(68-54)18-49(64)74-53-33(6)52-43(69-42(53)19-39(67-34)32(28)5)20-40-46(72-52)25-62(76-40)27-48-51(79-62)31(4)23-61(78-48)22-30(3)50-44(77-61)21-41-45(71-50)24-59(65-7,75-41)14-15-63/h28,30-31,33-48,50-58,63H,2,5,8-27H2,1,3-4,6-7H3/t28-,30+,31+,33+,34+,35-,36+,37+,38+,39-,40?,41-,42+,43?,44+,45-,46?,47-,48+,50+,51+,52?,53?,54?,55+,56+,57-,58+,59-,60+,61-,62+/m1/s1. The Labute approximate surface area is 475 Å². The highest BCUT2D eigenvalue weighted by atomic mass is 16.8. The normalized spacial score (nSPS) is 58.9. The second-order valence-corrected chi connectivity index (χ2v) is 28.4. The number of hydrogen-bond acceptors (Lipinski definition) is 19. The number of methoxy groups -OCH3 is 1. The topological polar surface area (TPSA) is 194 Å². The third-order valence-electron chi connectivity index (χ3n) is 22.9. The Hall–Kier alpha value is -1.73. The van der Waals surface area contributed by atoms with E-state index in [1.54, 1.807) is 7.11 Å². The van der Waals surface area contributed by atoms with Crippen LogP contribution >= 0.6 is 0 Å². The minimum atomic E-state index is -0.900. The first-order valence-electron chi connectivity index (χ1n) is 31.7. The van der Waals surface area contributed by atoms with Crippen molar-refractivity contribution < 1.29 is 90.4 Å². The van der Waals surface area contributed by atoms with Crippen LogP contribution in [0.5, 0.6) is 0 Å². The van der Waals surface area contributed by atoms with Gasteiger partial charge in [0.25, 0.3) is 0 Å². The fourth-order valence-electron chi connectivity index (χ4n) is 19.1. The molecule has 0 radical (unpaired) electrons. The maximum absolute atomic E-state index is 14.6. The fraction of sp³-hybridized carbons (Fsp3) is 0.919. The zero-order valence-corrected chi connectivity index (χ0v) is 48.0. The Morgan fingerprint density at radius 3 is 1.98 bits per heavy atom. The molecule has 17 heterocycles. The first kappa shape index (κ1) is 54.6. The van der Waals surface area contributed by atoms with Crippen LogP contribution in [-0.2, 0) is 85.3 Å². The van der Waals surface area contributed by atoms with Gasteiger partial charge in [0.05, 0.1) is 116 Å². The summed E-state index contributed by atoms with van der Waals surface area (Å²) in [4.78, 5) is 14.6. The van der Waals surface area contributed by atoms with Crippen LogP contribution in [0.2, 0.25) is 0 Å². The third-order valence-corrected chi connectivity index (χ3v) is 22.9. The van der Waals surface area contributed by atoms with Crippen LogP contribution in [0.4, 0.5) is 0 Å². The summed E-state index contributed by atoms with van der Waals surface area (Å²) in [7, 11) is 1.64. The number of carbonyl (C=O) groups is 1. The molecule has 81 heavy (non-hydrogen) atoms. The van der Waals surface area contributed by atoms with E-state index in [1.807, 2.05) is 0 Å². The highest BCUT2D eigenvalue weighted by Gasteiger charge is 2.70. The molecule has 17 fully saturated rings. The van der Waals surface area contributed by atoms with Crippen LogP contribution in [0.3, 0.4) is 0 Å². The summed E-state index contributed by atoms with van der Waals surface area (Å²) in [6, 6.07) is 0. The van der Waals surface area contributed by atoms with E-state index in [-0.39, 0.29) is 165 Å². The molecule has 0 aliphatic carbocycles. The molecule has 12 bridgehead atoms. The quantitative estimate of drug-likeness (QED) is 0.243. The average Bonchev–Trinajstić information content (AvgIpc) is 4.47. The molecule has 0 aromatic carbocycles. The molecule has 19 heteroatoms. The van der Waals surface area contributed by atoms with Gasteiger partial charge in [0, 0.05) is 90.3 Å². The molecular weight excluding hydrogens is 1050 g/mol. The summed E-state index contributed by atoms with van der Waals surface area (Å²) in [5.74, 6) is -3.40. The van der Waals surface area contributed by atoms with E-state index in [0.717, 1.165) is 49.7 Å². The van der Waals surface area contributed by atoms with Gasteiger partial charge in [-0.25, -0.2) is 0 Å². The second kappa shape index (κ2) is 20.2. The Balaban J connectivity index is 0.627. The van der Waals surface area contributed by atoms with E-state index in [0.29, 0.717) is 77.0 Å². The lowest BCUT2D eigenvalue weighted by molar-refractivity contribution is -0.370. The van der Waals surface area contributed by atoms with Crippen LogP contribution in [0.1, 0.15) is 150 Å². The van der Waals surface area contributed by atoms with Crippen LogP contribution in [0.15, 0.2) is 24.3 Å². The van der Waals surface area contributed by atoms with Gasteiger partial charge in [-0.3, -0.25) is 4.79 Å². The summed E-state index contributed by atoms with van der Waals surface area (Å²) in [5, 5.41) is 9.83.